The standard InChI is InChI=1S/C17H21N5O2/c1-10-7-13(10)17(23)22-5-3-12(4-6-22)15-20-16(24-21-15)14-9-18-11(2)8-19-14/h8-10,12-13H,3-7H2,1-2H3/t10-,13+/m1/s1. The van der Waals surface area contributed by atoms with Crippen molar-refractivity contribution >= 4 is 5.91 Å². The summed E-state index contributed by atoms with van der Waals surface area (Å²) in [4.78, 5) is 27.2. The van der Waals surface area contributed by atoms with Crippen LogP contribution in [0.15, 0.2) is 16.9 Å². The minimum atomic E-state index is 0.238. The summed E-state index contributed by atoms with van der Waals surface area (Å²) in [6.45, 7) is 5.58. The lowest BCUT2D eigenvalue weighted by atomic mass is 9.96. The molecule has 4 rings (SSSR count). The molecule has 0 N–H and O–H groups in total. The quantitative estimate of drug-likeness (QED) is 0.859. The Balaban J connectivity index is 1.39. The second-order valence-corrected chi connectivity index (χ2v) is 6.92. The summed E-state index contributed by atoms with van der Waals surface area (Å²) < 4.78 is 5.34. The zero-order valence-electron chi connectivity index (χ0n) is 14.0. The number of nitrogens with zero attached hydrogens (tertiary/aromatic N) is 5. The molecule has 7 heteroatoms. The van der Waals surface area contributed by atoms with Gasteiger partial charge in [0, 0.05) is 31.1 Å². The number of aromatic nitrogens is 4. The maximum Gasteiger partial charge on any atom is 0.278 e. The molecule has 1 saturated heterocycles. The SMILES string of the molecule is Cc1cnc(-c2nc(C3CCN(C(=O)[C@H]4C[C@H]4C)CC3)no2)cn1. The third-order valence-corrected chi connectivity index (χ3v) is 5.04. The van der Waals surface area contributed by atoms with Crippen molar-refractivity contribution in [2.45, 2.75) is 39.0 Å². The van der Waals surface area contributed by atoms with E-state index in [1.807, 2.05) is 11.8 Å². The number of piperidine rings is 1. The van der Waals surface area contributed by atoms with Crippen LogP contribution < -0.4 is 0 Å². The Morgan fingerprint density at radius 2 is 2.00 bits per heavy atom. The van der Waals surface area contributed by atoms with Gasteiger partial charge in [0.1, 0.15) is 5.69 Å². The number of likely N-dealkylation sites (tertiary alicyclic amines) is 1. The van der Waals surface area contributed by atoms with Gasteiger partial charge in [0.25, 0.3) is 5.89 Å². The first-order chi connectivity index (χ1) is 11.6. The van der Waals surface area contributed by atoms with E-state index in [1.54, 1.807) is 12.4 Å². The van der Waals surface area contributed by atoms with Crippen molar-refractivity contribution in [1.82, 2.24) is 25.0 Å². The zero-order chi connectivity index (χ0) is 16.7. The van der Waals surface area contributed by atoms with Crippen LogP contribution >= 0.6 is 0 Å². The van der Waals surface area contributed by atoms with Gasteiger partial charge in [-0.2, -0.15) is 4.98 Å². The molecule has 2 aromatic rings. The number of carbonyl (C=O) groups is 1. The van der Waals surface area contributed by atoms with Crippen molar-refractivity contribution in [2.75, 3.05) is 13.1 Å². The van der Waals surface area contributed by atoms with Gasteiger partial charge in [0.2, 0.25) is 5.91 Å². The predicted molar refractivity (Wildman–Crippen MR) is 85.9 cm³/mol. The van der Waals surface area contributed by atoms with E-state index in [1.165, 1.54) is 0 Å². The Labute approximate surface area is 140 Å². The number of carbonyl (C=O) groups excluding carboxylic acids is 1. The highest BCUT2D eigenvalue weighted by Crippen LogP contribution is 2.40. The molecular weight excluding hydrogens is 306 g/mol. The molecule has 1 saturated carbocycles. The molecule has 1 aliphatic carbocycles. The first-order valence-electron chi connectivity index (χ1n) is 8.53. The van der Waals surface area contributed by atoms with Gasteiger partial charge in [0.05, 0.1) is 11.9 Å². The second-order valence-electron chi connectivity index (χ2n) is 6.92. The first kappa shape index (κ1) is 15.2. The van der Waals surface area contributed by atoms with E-state index in [2.05, 4.69) is 27.0 Å². The topological polar surface area (TPSA) is 85.0 Å². The summed E-state index contributed by atoms with van der Waals surface area (Å²) >= 11 is 0. The molecule has 1 aliphatic heterocycles. The maximum absolute atomic E-state index is 12.3. The average Bonchev–Trinajstić information content (AvgIpc) is 3.13. The maximum atomic E-state index is 12.3. The molecule has 2 aromatic heterocycles. The van der Waals surface area contributed by atoms with Crippen LogP contribution in [0.25, 0.3) is 11.6 Å². The summed E-state index contributed by atoms with van der Waals surface area (Å²) in [7, 11) is 0. The van der Waals surface area contributed by atoms with Crippen LogP contribution in [-0.2, 0) is 4.79 Å². The lowest BCUT2D eigenvalue weighted by molar-refractivity contribution is -0.133. The van der Waals surface area contributed by atoms with Crippen molar-refractivity contribution in [3.63, 3.8) is 0 Å². The van der Waals surface area contributed by atoms with Crippen LogP contribution in [0.1, 0.15) is 43.6 Å². The summed E-state index contributed by atoms with van der Waals surface area (Å²) in [5.74, 6) is 2.50. The van der Waals surface area contributed by atoms with E-state index in [9.17, 15) is 4.79 Å². The van der Waals surface area contributed by atoms with E-state index in [0.717, 1.165) is 38.0 Å². The van der Waals surface area contributed by atoms with Gasteiger partial charge in [-0.05, 0) is 32.1 Å². The van der Waals surface area contributed by atoms with Crippen molar-refractivity contribution in [2.24, 2.45) is 11.8 Å². The molecule has 3 heterocycles. The molecule has 0 radical (unpaired) electrons. The fraction of sp³-hybridized carbons (Fsp3) is 0.588. The molecular formula is C17H21N5O2. The predicted octanol–water partition coefficient (Wildman–Crippen LogP) is 2.20. The van der Waals surface area contributed by atoms with Gasteiger partial charge >= 0.3 is 0 Å². The first-order valence-corrected chi connectivity index (χ1v) is 8.53. The molecule has 2 atom stereocenters. The smallest absolute Gasteiger partial charge is 0.278 e. The van der Waals surface area contributed by atoms with Gasteiger partial charge in [0.15, 0.2) is 5.82 Å². The lowest BCUT2D eigenvalue weighted by Crippen LogP contribution is -2.39. The fourth-order valence-electron chi connectivity index (χ4n) is 3.27. The van der Waals surface area contributed by atoms with Crippen molar-refractivity contribution in [3.8, 4) is 11.6 Å². The molecule has 24 heavy (non-hydrogen) atoms. The van der Waals surface area contributed by atoms with E-state index < -0.39 is 0 Å². The minimum absolute atomic E-state index is 0.238. The van der Waals surface area contributed by atoms with Crippen molar-refractivity contribution in [1.29, 1.82) is 0 Å². The third kappa shape index (κ3) is 2.90. The second kappa shape index (κ2) is 5.96. The molecule has 2 fully saturated rings. The molecule has 7 nitrogen and oxygen atoms in total. The third-order valence-electron chi connectivity index (χ3n) is 5.04. The number of aryl methyl sites for hydroxylation is 1. The molecule has 0 aromatic carbocycles. The normalized spacial score (nSPS) is 24.2. The monoisotopic (exact) mass is 327 g/mol. The van der Waals surface area contributed by atoms with E-state index >= 15 is 0 Å². The van der Waals surface area contributed by atoms with E-state index in [0.29, 0.717) is 29.2 Å². The van der Waals surface area contributed by atoms with Crippen LogP contribution in [0, 0.1) is 18.8 Å². The highest BCUT2D eigenvalue weighted by Gasteiger charge is 2.42. The summed E-state index contributed by atoms with van der Waals surface area (Å²) in [5.41, 5.74) is 1.44. The molecule has 0 unspecified atom stereocenters. The Morgan fingerprint density at radius 3 is 2.62 bits per heavy atom. The summed E-state index contributed by atoms with van der Waals surface area (Å²) in [6.07, 6.45) is 6.13. The Bertz CT molecular complexity index is 734. The number of rotatable bonds is 3. The number of hydrogen-bond donors (Lipinski definition) is 0. The van der Waals surface area contributed by atoms with E-state index in [-0.39, 0.29) is 11.8 Å². The highest BCUT2D eigenvalue weighted by molar-refractivity contribution is 5.81. The van der Waals surface area contributed by atoms with Gasteiger partial charge < -0.3 is 9.42 Å². The largest absolute Gasteiger partial charge is 0.342 e. The van der Waals surface area contributed by atoms with Crippen LogP contribution in [0.2, 0.25) is 0 Å². The molecule has 2 aliphatic rings. The van der Waals surface area contributed by atoms with Crippen LogP contribution in [0.5, 0.6) is 0 Å². The fourth-order valence-corrected chi connectivity index (χ4v) is 3.27. The van der Waals surface area contributed by atoms with Gasteiger partial charge in [-0.1, -0.05) is 12.1 Å². The highest BCUT2D eigenvalue weighted by atomic mass is 16.5. The lowest BCUT2D eigenvalue weighted by Gasteiger charge is -2.30. The summed E-state index contributed by atoms with van der Waals surface area (Å²) in [6, 6.07) is 0. The molecule has 126 valence electrons. The van der Waals surface area contributed by atoms with Crippen LogP contribution in [0.3, 0.4) is 0 Å². The van der Waals surface area contributed by atoms with Gasteiger partial charge in [-0.25, -0.2) is 4.98 Å². The zero-order valence-corrected chi connectivity index (χ0v) is 14.0. The molecule has 1 amide bonds. The molecule has 0 bridgehead atoms. The van der Waals surface area contributed by atoms with Crippen molar-refractivity contribution < 1.29 is 9.32 Å². The number of hydrogen-bond acceptors (Lipinski definition) is 6. The number of amides is 1. The van der Waals surface area contributed by atoms with Crippen LogP contribution in [-0.4, -0.2) is 44.0 Å². The van der Waals surface area contributed by atoms with Gasteiger partial charge in [-0.3, -0.25) is 9.78 Å². The summed E-state index contributed by atoms with van der Waals surface area (Å²) in [5, 5.41) is 4.11. The Morgan fingerprint density at radius 1 is 1.25 bits per heavy atom. The van der Waals surface area contributed by atoms with Crippen LogP contribution in [0.4, 0.5) is 0 Å². The van der Waals surface area contributed by atoms with Gasteiger partial charge in [-0.15, -0.1) is 0 Å². The Hall–Kier alpha value is -2.31. The molecule has 0 spiro atoms. The Kier molecular flexibility index (Phi) is 3.78. The average molecular weight is 327 g/mol. The van der Waals surface area contributed by atoms with E-state index in [4.69, 9.17) is 4.52 Å². The minimum Gasteiger partial charge on any atom is -0.342 e. The van der Waals surface area contributed by atoms with Crippen molar-refractivity contribution in [3.05, 3.63) is 23.9 Å².